The molecule has 0 saturated carbocycles. The van der Waals surface area contributed by atoms with Gasteiger partial charge in [0.15, 0.2) is 0 Å². The Morgan fingerprint density at radius 3 is 2.12 bits per heavy atom. The summed E-state index contributed by atoms with van der Waals surface area (Å²) in [5.74, 6) is 0. The average Bonchev–Trinajstić information content (AvgIpc) is 3.27. The fourth-order valence-corrected chi connectivity index (χ4v) is 4.98. The highest BCUT2D eigenvalue weighted by Crippen LogP contribution is 2.38. The number of nitrogens with one attached hydrogen (secondary N) is 1. The van der Waals surface area contributed by atoms with Gasteiger partial charge in [-0.1, -0.05) is 84.9 Å². The summed E-state index contributed by atoms with van der Waals surface area (Å²) in [6.45, 7) is 0. The Kier molecular flexibility index (Phi) is 4.18. The third-order valence-corrected chi connectivity index (χ3v) is 6.64. The molecule has 7 rings (SSSR count). The molecule has 2 heteroatoms. The van der Waals surface area contributed by atoms with E-state index in [0.717, 1.165) is 33.3 Å². The molecule has 0 atom stereocenters. The van der Waals surface area contributed by atoms with Gasteiger partial charge < -0.3 is 9.73 Å². The fraction of sp³-hybridized carbons (Fsp3) is 0. The topological polar surface area (TPSA) is 25.2 Å². The molecule has 0 aliphatic heterocycles. The molecule has 6 aromatic carbocycles. The Morgan fingerprint density at radius 1 is 0.471 bits per heavy atom. The van der Waals surface area contributed by atoms with Crippen molar-refractivity contribution in [3.05, 3.63) is 121 Å². The summed E-state index contributed by atoms with van der Waals surface area (Å²) in [5, 5.41) is 10.9. The van der Waals surface area contributed by atoms with Crippen LogP contribution in [0.4, 0.5) is 11.4 Å². The molecule has 0 fully saturated rings. The Bertz CT molecular complexity index is 1840. The van der Waals surface area contributed by atoms with Crippen molar-refractivity contribution in [3.63, 3.8) is 0 Å². The highest BCUT2D eigenvalue weighted by Gasteiger charge is 2.12. The van der Waals surface area contributed by atoms with Crippen molar-refractivity contribution < 1.29 is 4.42 Å². The number of rotatable bonds is 3. The minimum Gasteiger partial charge on any atom is -0.456 e. The van der Waals surface area contributed by atoms with Gasteiger partial charge in [-0.05, 0) is 63.7 Å². The molecule has 2 nitrogen and oxygen atoms in total. The lowest BCUT2D eigenvalue weighted by Crippen LogP contribution is -1.93. The van der Waals surface area contributed by atoms with Gasteiger partial charge in [-0.15, -0.1) is 0 Å². The summed E-state index contributed by atoms with van der Waals surface area (Å²) in [5.41, 5.74) is 6.44. The van der Waals surface area contributed by atoms with E-state index in [0.29, 0.717) is 0 Å². The molecule has 0 bridgehead atoms. The molecular weight excluding hydrogens is 414 g/mol. The van der Waals surface area contributed by atoms with Crippen molar-refractivity contribution in [2.45, 2.75) is 0 Å². The van der Waals surface area contributed by atoms with Crippen LogP contribution in [0.2, 0.25) is 0 Å². The van der Waals surface area contributed by atoms with Gasteiger partial charge in [-0.3, -0.25) is 0 Å². The van der Waals surface area contributed by atoms with Crippen LogP contribution >= 0.6 is 0 Å². The predicted molar refractivity (Wildman–Crippen MR) is 144 cm³/mol. The zero-order chi connectivity index (χ0) is 22.5. The van der Waals surface area contributed by atoms with Gasteiger partial charge in [0, 0.05) is 27.5 Å². The number of hydrogen-bond donors (Lipinski definition) is 1. The molecule has 1 N–H and O–H groups in total. The standard InChI is InChI=1S/C32H21NO/c1-2-8-22-19-24(15-13-21(22)7-1)33-30-17-16-25(26-9-3-4-10-27(26)30)23-14-18-32-29(20-23)28-11-5-6-12-31(28)34-32/h1-20,33H. The second-order valence-corrected chi connectivity index (χ2v) is 8.70. The Hall–Kier alpha value is -4.56. The van der Waals surface area contributed by atoms with E-state index in [1.54, 1.807) is 0 Å². The second kappa shape index (κ2) is 7.50. The largest absolute Gasteiger partial charge is 0.456 e. The van der Waals surface area contributed by atoms with Crippen molar-refractivity contribution in [2.24, 2.45) is 0 Å². The van der Waals surface area contributed by atoms with Gasteiger partial charge in [0.05, 0.1) is 0 Å². The van der Waals surface area contributed by atoms with E-state index in [9.17, 15) is 0 Å². The summed E-state index contributed by atoms with van der Waals surface area (Å²) >= 11 is 0. The summed E-state index contributed by atoms with van der Waals surface area (Å²) in [6, 6.07) is 42.7. The van der Waals surface area contributed by atoms with Crippen LogP contribution in [-0.2, 0) is 0 Å². The molecule has 0 unspecified atom stereocenters. The van der Waals surface area contributed by atoms with Gasteiger partial charge in [-0.2, -0.15) is 0 Å². The first-order chi connectivity index (χ1) is 16.8. The van der Waals surface area contributed by atoms with Crippen LogP contribution in [0.25, 0.3) is 54.6 Å². The zero-order valence-electron chi connectivity index (χ0n) is 18.5. The van der Waals surface area contributed by atoms with Crippen LogP contribution < -0.4 is 5.32 Å². The van der Waals surface area contributed by atoms with E-state index >= 15 is 0 Å². The molecule has 0 amide bonds. The highest BCUT2D eigenvalue weighted by atomic mass is 16.3. The predicted octanol–water partition coefficient (Wildman–Crippen LogP) is 9.30. The molecule has 0 aliphatic carbocycles. The van der Waals surface area contributed by atoms with Crippen molar-refractivity contribution in [2.75, 3.05) is 5.32 Å². The minimum atomic E-state index is 0.920. The smallest absolute Gasteiger partial charge is 0.135 e. The SMILES string of the molecule is c1ccc2cc(Nc3ccc(-c4ccc5oc6ccccc6c5c4)c4ccccc34)ccc2c1. The molecule has 34 heavy (non-hydrogen) atoms. The first-order valence-corrected chi connectivity index (χ1v) is 11.5. The summed E-state index contributed by atoms with van der Waals surface area (Å²) < 4.78 is 6.04. The molecule has 0 saturated heterocycles. The molecule has 0 spiro atoms. The zero-order valence-corrected chi connectivity index (χ0v) is 18.5. The summed E-state index contributed by atoms with van der Waals surface area (Å²) in [6.07, 6.45) is 0. The Labute approximate surface area is 197 Å². The quantitative estimate of drug-likeness (QED) is 0.299. The number of furan rings is 1. The lowest BCUT2D eigenvalue weighted by atomic mass is 9.96. The van der Waals surface area contributed by atoms with Crippen LogP contribution in [0.15, 0.2) is 126 Å². The number of benzene rings is 6. The van der Waals surface area contributed by atoms with Crippen LogP contribution in [0.5, 0.6) is 0 Å². The van der Waals surface area contributed by atoms with Gasteiger partial charge in [0.2, 0.25) is 0 Å². The monoisotopic (exact) mass is 435 g/mol. The van der Waals surface area contributed by atoms with Gasteiger partial charge in [0.25, 0.3) is 0 Å². The third kappa shape index (κ3) is 3.04. The first kappa shape index (κ1) is 19.0. The molecule has 0 radical (unpaired) electrons. The first-order valence-electron chi connectivity index (χ1n) is 11.5. The van der Waals surface area contributed by atoms with E-state index in [1.807, 2.05) is 12.1 Å². The normalized spacial score (nSPS) is 11.5. The van der Waals surface area contributed by atoms with E-state index in [1.165, 1.54) is 32.7 Å². The number of anilines is 2. The van der Waals surface area contributed by atoms with Gasteiger partial charge >= 0.3 is 0 Å². The number of hydrogen-bond acceptors (Lipinski definition) is 2. The van der Waals surface area contributed by atoms with E-state index in [2.05, 4.69) is 115 Å². The molecule has 0 aliphatic rings. The lowest BCUT2D eigenvalue weighted by molar-refractivity contribution is 0.669. The van der Waals surface area contributed by atoms with Crippen molar-refractivity contribution in [1.29, 1.82) is 0 Å². The van der Waals surface area contributed by atoms with E-state index in [4.69, 9.17) is 4.42 Å². The molecule has 160 valence electrons. The number of fused-ring (bicyclic) bond motifs is 5. The fourth-order valence-electron chi connectivity index (χ4n) is 4.98. The molecule has 1 heterocycles. The van der Waals surface area contributed by atoms with Crippen LogP contribution in [0.1, 0.15) is 0 Å². The maximum absolute atomic E-state index is 6.04. The van der Waals surface area contributed by atoms with Gasteiger partial charge in [-0.25, -0.2) is 0 Å². The highest BCUT2D eigenvalue weighted by molar-refractivity contribution is 6.09. The lowest BCUT2D eigenvalue weighted by Gasteiger charge is -2.14. The maximum Gasteiger partial charge on any atom is 0.135 e. The van der Waals surface area contributed by atoms with Crippen LogP contribution in [-0.4, -0.2) is 0 Å². The van der Waals surface area contributed by atoms with Crippen LogP contribution in [0.3, 0.4) is 0 Å². The second-order valence-electron chi connectivity index (χ2n) is 8.70. The molecule has 7 aromatic rings. The molecular formula is C32H21NO. The summed E-state index contributed by atoms with van der Waals surface area (Å²) in [4.78, 5) is 0. The summed E-state index contributed by atoms with van der Waals surface area (Å²) in [7, 11) is 0. The van der Waals surface area contributed by atoms with Crippen LogP contribution in [0, 0.1) is 0 Å². The van der Waals surface area contributed by atoms with E-state index in [-0.39, 0.29) is 0 Å². The Balaban J connectivity index is 1.36. The van der Waals surface area contributed by atoms with Crippen molar-refractivity contribution >= 4 is 54.9 Å². The van der Waals surface area contributed by atoms with Crippen molar-refractivity contribution in [3.8, 4) is 11.1 Å². The Morgan fingerprint density at radius 2 is 1.21 bits per heavy atom. The average molecular weight is 436 g/mol. The molecule has 1 aromatic heterocycles. The number of para-hydroxylation sites is 1. The van der Waals surface area contributed by atoms with Crippen molar-refractivity contribution in [1.82, 2.24) is 0 Å². The minimum absolute atomic E-state index is 0.920. The third-order valence-electron chi connectivity index (χ3n) is 6.64. The van der Waals surface area contributed by atoms with Gasteiger partial charge in [0.1, 0.15) is 11.2 Å². The van der Waals surface area contributed by atoms with E-state index < -0.39 is 0 Å². The maximum atomic E-state index is 6.04.